The number of hydrogen-bond acceptors (Lipinski definition) is 4. The third-order valence-electron chi connectivity index (χ3n) is 4.62. The van der Waals surface area contributed by atoms with Crippen molar-refractivity contribution in [3.8, 4) is 0 Å². The van der Waals surface area contributed by atoms with Crippen molar-refractivity contribution in [3.63, 3.8) is 0 Å². The van der Waals surface area contributed by atoms with Gasteiger partial charge in [0.1, 0.15) is 6.04 Å². The Labute approximate surface area is 183 Å². The van der Waals surface area contributed by atoms with Crippen LogP contribution in [0.1, 0.15) is 63.9 Å². The standard InChI is InChI=1S/C21H30N2O3.Na.H/c1-2-3-4-5-6-7-8-13-20(24)26-21(25)18(22)14-16-15-23-19-12-10-9-11-17(16)19;;/h9-12,15,18,23H,2-8,13-14,22H2,1H3;;/t18-;;/m0../s1. The summed E-state index contributed by atoms with van der Waals surface area (Å²) in [5.74, 6) is -1.12. The van der Waals surface area contributed by atoms with Crippen molar-refractivity contribution in [2.75, 3.05) is 0 Å². The van der Waals surface area contributed by atoms with E-state index in [-0.39, 0.29) is 36.0 Å². The first kappa shape index (κ1) is 23.9. The summed E-state index contributed by atoms with van der Waals surface area (Å²) in [6.45, 7) is 2.19. The van der Waals surface area contributed by atoms with Crippen molar-refractivity contribution >= 4 is 52.4 Å². The molecule has 27 heavy (non-hydrogen) atoms. The molecule has 0 radical (unpaired) electrons. The van der Waals surface area contributed by atoms with Gasteiger partial charge in [0, 0.05) is 29.9 Å². The van der Waals surface area contributed by atoms with Crippen LogP contribution in [0.5, 0.6) is 0 Å². The van der Waals surface area contributed by atoms with Gasteiger partial charge in [-0.05, 0) is 18.1 Å². The topological polar surface area (TPSA) is 85.2 Å². The fourth-order valence-corrected chi connectivity index (χ4v) is 3.09. The van der Waals surface area contributed by atoms with E-state index >= 15 is 0 Å². The second-order valence-electron chi connectivity index (χ2n) is 6.83. The zero-order valence-corrected chi connectivity index (χ0v) is 15.6. The monoisotopic (exact) mass is 382 g/mol. The fraction of sp³-hybridized carbons (Fsp3) is 0.524. The van der Waals surface area contributed by atoms with E-state index in [1.165, 1.54) is 25.7 Å². The predicted octanol–water partition coefficient (Wildman–Crippen LogP) is 3.60. The Bertz CT molecular complexity index is 714. The zero-order chi connectivity index (χ0) is 18.8. The summed E-state index contributed by atoms with van der Waals surface area (Å²) >= 11 is 0. The third kappa shape index (κ3) is 8.18. The first-order valence-electron chi connectivity index (χ1n) is 9.67. The number of ether oxygens (including phenoxy) is 1. The molecule has 2 rings (SSSR count). The Balaban J connectivity index is 0.00000364. The number of fused-ring (bicyclic) bond motifs is 1. The average molecular weight is 382 g/mol. The molecular formula is C21H31N2NaO3. The molecule has 0 bridgehead atoms. The summed E-state index contributed by atoms with van der Waals surface area (Å²) in [6, 6.07) is 6.99. The number of carbonyl (C=O) groups is 2. The quantitative estimate of drug-likeness (QED) is 0.269. The fourth-order valence-electron chi connectivity index (χ4n) is 3.09. The SMILES string of the molecule is CCCCCCCCCC(=O)OC(=O)[C@@H](N)Cc1c[nH]c2ccccc12.[NaH]. The number of aromatic nitrogens is 1. The number of nitrogens with one attached hydrogen (secondary N) is 1. The van der Waals surface area contributed by atoms with Crippen LogP contribution in [0.2, 0.25) is 0 Å². The van der Waals surface area contributed by atoms with Crippen LogP contribution < -0.4 is 5.73 Å². The van der Waals surface area contributed by atoms with Crippen molar-refractivity contribution in [1.82, 2.24) is 4.98 Å². The van der Waals surface area contributed by atoms with E-state index in [9.17, 15) is 9.59 Å². The average Bonchev–Trinajstić information content (AvgIpc) is 3.04. The van der Waals surface area contributed by atoms with E-state index in [4.69, 9.17) is 10.5 Å². The van der Waals surface area contributed by atoms with E-state index in [1.54, 1.807) is 0 Å². The summed E-state index contributed by atoms with van der Waals surface area (Å²) in [5.41, 5.74) is 7.88. The summed E-state index contributed by atoms with van der Waals surface area (Å²) < 4.78 is 4.91. The zero-order valence-electron chi connectivity index (χ0n) is 15.6. The van der Waals surface area contributed by atoms with Crippen LogP contribution in [-0.2, 0) is 20.7 Å². The van der Waals surface area contributed by atoms with Gasteiger partial charge in [-0.25, -0.2) is 4.79 Å². The molecule has 3 N–H and O–H groups in total. The number of aromatic amines is 1. The van der Waals surface area contributed by atoms with Gasteiger partial charge in [-0.2, -0.15) is 0 Å². The number of rotatable bonds is 11. The van der Waals surface area contributed by atoms with Gasteiger partial charge in [0.2, 0.25) is 0 Å². The maximum absolute atomic E-state index is 12.0. The summed E-state index contributed by atoms with van der Waals surface area (Å²) in [5, 5.41) is 1.03. The van der Waals surface area contributed by atoms with E-state index in [0.717, 1.165) is 35.7 Å². The molecule has 1 atom stereocenters. The van der Waals surface area contributed by atoms with Crippen molar-refractivity contribution in [2.45, 2.75) is 70.8 Å². The van der Waals surface area contributed by atoms with Crippen LogP contribution in [0, 0.1) is 0 Å². The van der Waals surface area contributed by atoms with Crippen molar-refractivity contribution < 1.29 is 14.3 Å². The van der Waals surface area contributed by atoms with E-state index in [0.29, 0.717) is 6.42 Å². The summed E-state index contributed by atoms with van der Waals surface area (Å²) in [7, 11) is 0. The Kier molecular flexibility index (Phi) is 11.6. The molecule has 0 saturated carbocycles. The summed E-state index contributed by atoms with van der Waals surface area (Å²) in [6.07, 6.45) is 10.3. The Morgan fingerprint density at radius 2 is 1.74 bits per heavy atom. The van der Waals surface area contributed by atoms with Gasteiger partial charge in [0.15, 0.2) is 0 Å². The van der Waals surface area contributed by atoms with Crippen LogP contribution in [0.25, 0.3) is 10.9 Å². The molecule has 0 aliphatic carbocycles. The van der Waals surface area contributed by atoms with Crippen LogP contribution >= 0.6 is 0 Å². The first-order chi connectivity index (χ1) is 12.6. The molecule has 1 heterocycles. The second kappa shape index (κ2) is 13.1. The van der Waals surface area contributed by atoms with Crippen LogP contribution in [0.3, 0.4) is 0 Å². The molecule has 0 saturated heterocycles. The molecule has 1 aromatic carbocycles. The van der Waals surface area contributed by atoms with Gasteiger partial charge < -0.3 is 15.5 Å². The molecule has 1 aromatic heterocycles. The molecule has 5 nitrogen and oxygen atoms in total. The molecule has 0 aliphatic rings. The predicted molar refractivity (Wildman–Crippen MR) is 111 cm³/mol. The molecule has 6 heteroatoms. The van der Waals surface area contributed by atoms with Crippen molar-refractivity contribution in [1.29, 1.82) is 0 Å². The maximum atomic E-state index is 12.0. The van der Waals surface area contributed by atoms with Gasteiger partial charge in [0.25, 0.3) is 0 Å². The van der Waals surface area contributed by atoms with Gasteiger partial charge in [0.05, 0.1) is 0 Å². The number of esters is 2. The summed E-state index contributed by atoms with van der Waals surface area (Å²) in [4.78, 5) is 27.0. The minimum atomic E-state index is -0.841. The van der Waals surface area contributed by atoms with Crippen LogP contribution in [-0.4, -0.2) is 52.5 Å². The third-order valence-corrected chi connectivity index (χ3v) is 4.62. The number of hydrogen-bond donors (Lipinski definition) is 2. The number of unbranched alkanes of at least 4 members (excludes halogenated alkanes) is 6. The Morgan fingerprint density at radius 3 is 2.48 bits per heavy atom. The molecule has 2 aromatic rings. The Hall–Kier alpha value is -1.14. The normalized spacial score (nSPS) is 11.8. The van der Waals surface area contributed by atoms with Gasteiger partial charge in [-0.3, -0.25) is 4.79 Å². The molecular weight excluding hydrogens is 351 g/mol. The molecule has 144 valence electrons. The van der Waals surface area contributed by atoms with E-state index in [2.05, 4.69) is 11.9 Å². The molecule has 0 spiro atoms. The van der Waals surface area contributed by atoms with Crippen LogP contribution in [0.4, 0.5) is 0 Å². The minimum absolute atomic E-state index is 0. The number of H-pyrrole nitrogens is 1. The van der Waals surface area contributed by atoms with E-state index in [1.807, 2.05) is 30.5 Å². The van der Waals surface area contributed by atoms with Crippen molar-refractivity contribution in [2.24, 2.45) is 5.73 Å². The molecule has 0 aliphatic heterocycles. The Morgan fingerprint density at radius 1 is 1.07 bits per heavy atom. The van der Waals surface area contributed by atoms with E-state index < -0.39 is 18.0 Å². The van der Waals surface area contributed by atoms with Gasteiger partial charge in [-0.1, -0.05) is 63.6 Å². The number of benzene rings is 1. The molecule has 0 fully saturated rings. The van der Waals surface area contributed by atoms with Crippen LogP contribution in [0.15, 0.2) is 30.5 Å². The molecule has 0 amide bonds. The first-order valence-corrected chi connectivity index (χ1v) is 9.67. The number of para-hydroxylation sites is 1. The number of nitrogens with two attached hydrogens (primary N) is 1. The van der Waals surface area contributed by atoms with Crippen molar-refractivity contribution in [3.05, 3.63) is 36.0 Å². The van der Waals surface area contributed by atoms with Gasteiger partial charge >= 0.3 is 41.5 Å². The number of carbonyl (C=O) groups excluding carboxylic acids is 2. The van der Waals surface area contributed by atoms with Gasteiger partial charge in [-0.15, -0.1) is 0 Å². The second-order valence-corrected chi connectivity index (χ2v) is 6.83. The molecule has 0 unspecified atom stereocenters.